The van der Waals surface area contributed by atoms with Crippen LogP contribution >= 0.6 is 15.9 Å². The van der Waals surface area contributed by atoms with E-state index in [1.54, 1.807) is 13.2 Å². The maximum atomic E-state index is 4.47. The summed E-state index contributed by atoms with van der Waals surface area (Å²) in [4.78, 5) is 8.60. The summed E-state index contributed by atoms with van der Waals surface area (Å²) in [5.41, 5.74) is 2.97. The Balaban J connectivity index is 2.63. The molecule has 0 spiro atoms. The van der Waals surface area contributed by atoms with Crippen molar-refractivity contribution < 1.29 is 0 Å². The highest BCUT2D eigenvalue weighted by Crippen LogP contribution is 2.23. The summed E-state index contributed by atoms with van der Waals surface area (Å²) in [5, 5.41) is 7.40. The molecule has 0 unspecified atom stereocenters. The van der Waals surface area contributed by atoms with E-state index in [0.29, 0.717) is 5.95 Å². The van der Waals surface area contributed by atoms with Crippen LogP contribution < -0.4 is 5.32 Å². The highest BCUT2D eigenvalue weighted by molar-refractivity contribution is 9.10. The molecule has 2 rings (SSSR count). The molecule has 5 nitrogen and oxygen atoms in total. The number of hydrogen-bond donors (Lipinski definition) is 1. The molecule has 2 aromatic rings. The van der Waals surface area contributed by atoms with Gasteiger partial charge in [0.05, 0.1) is 15.9 Å². The van der Waals surface area contributed by atoms with Crippen molar-refractivity contribution in [3.63, 3.8) is 0 Å². The largest absolute Gasteiger partial charge is 0.357 e. The second kappa shape index (κ2) is 4.44. The molecule has 0 aliphatic heterocycles. The number of rotatable bonds is 2. The van der Waals surface area contributed by atoms with Crippen molar-refractivity contribution in [3.8, 4) is 5.82 Å². The number of hydrogen-bond acceptors (Lipinski definition) is 4. The Labute approximate surface area is 108 Å². The van der Waals surface area contributed by atoms with E-state index in [1.807, 2.05) is 25.5 Å². The fourth-order valence-corrected chi connectivity index (χ4v) is 1.85. The number of halogens is 1. The van der Waals surface area contributed by atoms with Crippen LogP contribution in [-0.2, 0) is 0 Å². The molecule has 0 aliphatic carbocycles. The summed E-state index contributed by atoms with van der Waals surface area (Å²) < 4.78 is 2.85. The zero-order valence-electron chi connectivity index (χ0n) is 10.2. The Kier molecular flexibility index (Phi) is 3.15. The lowest BCUT2D eigenvalue weighted by atomic mass is 10.3. The lowest BCUT2D eigenvalue weighted by Gasteiger charge is -2.08. The molecule has 90 valence electrons. The molecule has 2 aromatic heterocycles. The second-order valence-corrected chi connectivity index (χ2v) is 4.64. The highest BCUT2D eigenvalue weighted by atomic mass is 79.9. The van der Waals surface area contributed by atoms with Crippen LogP contribution in [0.1, 0.15) is 17.0 Å². The van der Waals surface area contributed by atoms with E-state index >= 15 is 0 Å². The smallest absolute Gasteiger partial charge is 0.224 e. The van der Waals surface area contributed by atoms with Gasteiger partial charge in [-0.2, -0.15) is 10.1 Å². The molecule has 1 N–H and O–H groups in total. The third kappa shape index (κ3) is 2.04. The average Bonchev–Trinajstić information content (AvgIpc) is 2.58. The molecule has 0 saturated carbocycles. The van der Waals surface area contributed by atoms with Gasteiger partial charge in [-0.15, -0.1) is 0 Å². The van der Waals surface area contributed by atoms with Crippen LogP contribution in [0.5, 0.6) is 0 Å². The molecule has 0 aliphatic rings. The Morgan fingerprint density at radius 1 is 1.29 bits per heavy atom. The van der Waals surface area contributed by atoms with Crippen molar-refractivity contribution in [1.29, 1.82) is 0 Å². The van der Waals surface area contributed by atoms with Crippen molar-refractivity contribution in [3.05, 3.63) is 27.6 Å². The van der Waals surface area contributed by atoms with Crippen LogP contribution in [0, 0.1) is 20.8 Å². The Morgan fingerprint density at radius 2 is 2.00 bits per heavy atom. The van der Waals surface area contributed by atoms with Crippen molar-refractivity contribution in [2.45, 2.75) is 20.8 Å². The van der Waals surface area contributed by atoms with Crippen molar-refractivity contribution in [2.75, 3.05) is 12.4 Å². The predicted octanol–water partition coefficient (Wildman–Crippen LogP) is 2.39. The molecular weight excluding hydrogens is 282 g/mol. The van der Waals surface area contributed by atoms with Crippen molar-refractivity contribution in [1.82, 2.24) is 19.7 Å². The Morgan fingerprint density at radius 3 is 2.53 bits per heavy atom. The average molecular weight is 296 g/mol. The monoisotopic (exact) mass is 295 g/mol. The Bertz CT molecular complexity index is 561. The van der Waals surface area contributed by atoms with Gasteiger partial charge in [-0.05, 0) is 36.7 Å². The van der Waals surface area contributed by atoms with E-state index in [9.17, 15) is 0 Å². The third-order valence-electron chi connectivity index (χ3n) is 2.57. The molecular formula is C11H14BrN5. The van der Waals surface area contributed by atoms with E-state index in [1.165, 1.54) is 0 Å². The topological polar surface area (TPSA) is 55.6 Å². The summed E-state index contributed by atoms with van der Waals surface area (Å²) in [5.74, 6) is 1.39. The zero-order chi connectivity index (χ0) is 12.6. The number of aryl methyl sites for hydroxylation is 2. The minimum absolute atomic E-state index is 0.592. The quantitative estimate of drug-likeness (QED) is 0.924. The van der Waals surface area contributed by atoms with Gasteiger partial charge in [0, 0.05) is 18.8 Å². The first-order valence-electron chi connectivity index (χ1n) is 5.28. The fourth-order valence-electron chi connectivity index (χ4n) is 1.60. The van der Waals surface area contributed by atoms with E-state index < -0.39 is 0 Å². The van der Waals surface area contributed by atoms with Gasteiger partial charge in [0.2, 0.25) is 5.95 Å². The molecule has 0 fully saturated rings. The fraction of sp³-hybridized carbons (Fsp3) is 0.364. The van der Waals surface area contributed by atoms with Crippen molar-refractivity contribution >= 4 is 21.9 Å². The second-order valence-electron chi connectivity index (χ2n) is 3.85. The zero-order valence-corrected chi connectivity index (χ0v) is 11.8. The maximum Gasteiger partial charge on any atom is 0.224 e. The van der Waals surface area contributed by atoms with E-state index in [2.05, 4.69) is 36.3 Å². The molecule has 0 aromatic carbocycles. The maximum absolute atomic E-state index is 4.47. The van der Waals surface area contributed by atoms with E-state index in [-0.39, 0.29) is 0 Å². The molecule has 17 heavy (non-hydrogen) atoms. The number of nitrogens with zero attached hydrogens (tertiary/aromatic N) is 4. The summed E-state index contributed by atoms with van der Waals surface area (Å²) in [6.45, 7) is 5.94. The van der Waals surface area contributed by atoms with Gasteiger partial charge < -0.3 is 5.32 Å². The van der Waals surface area contributed by atoms with Gasteiger partial charge in [-0.25, -0.2) is 9.67 Å². The van der Waals surface area contributed by atoms with Crippen LogP contribution in [0.3, 0.4) is 0 Å². The van der Waals surface area contributed by atoms with E-state index in [0.717, 1.165) is 27.2 Å². The highest BCUT2D eigenvalue weighted by Gasteiger charge is 2.13. The van der Waals surface area contributed by atoms with Gasteiger partial charge in [-0.1, -0.05) is 0 Å². The molecule has 0 bridgehead atoms. The summed E-state index contributed by atoms with van der Waals surface area (Å²) >= 11 is 3.52. The van der Waals surface area contributed by atoms with E-state index in [4.69, 9.17) is 0 Å². The van der Waals surface area contributed by atoms with Gasteiger partial charge in [0.25, 0.3) is 0 Å². The molecule has 0 radical (unpaired) electrons. The minimum Gasteiger partial charge on any atom is -0.357 e. The normalized spacial score (nSPS) is 10.6. The molecule has 2 heterocycles. The standard InChI is InChI=1S/C11H14BrN5/c1-6-5-14-11(13-4)15-10(6)17-8(3)9(12)7(2)16-17/h5H,1-4H3,(H,13,14,15). The van der Waals surface area contributed by atoms with Crippen LogP contribution in [0.4, 0.5) is 5.95 Å². The first-order chi connectivity index (χ1) is 8.04. The molecule has 0 amide bonds. The van der Waals surface area contributed by atoms with Gasteiger partial charge >= 0.3 is 0 Å². The number of aromatic nitrogens is 4. The summed E-state index contributed by atoms with van der Waals surface area (Å²) in [7, 11) is 1.80. The lowest BCUT2D eigenvalue weighted by Crippen LogP contribution is -2.07. The van der Waals surface area contributed by atoms with Crippen molar-refractivity contribution in [2.24, 2.45) is 0 Å². The van der Waals surface area contributed by atoms with Gasteiger partial charge in [-0.3, -0.25) is 0 Å². The van der Waals surface area contributed by atoms with Gasteiger partial charge in [0.1, 0.15) is 0 Å². The summed E-state index contributed by atoms with van der Waals surface area (Å²) in [6, 6.07) is 0. The molecule has 6 heteroatoms. The first kappa shape index (κ1) is 12.0. The SMILES string of the molecule is CNc1ncc(C)c(-n2nc(C)c(Br)c2C)n1. The molecule has 0 atom stereocenters. The molecule has 0 saturated heterocycles. The lowest BCUT2D eigenvalue weighted by molar-refractivity contribution is 0.793. The van der Waals surface area contributed by atoms with Crippen LogP contribution in [0.25, 0.3) is 5.82 Å². The number of nitrogens with one attached hydrogen (secondary N) is 1. The predicted molar refractivity (Wildman–Crippen MR) is 70.6 cm³/mol. The Hall–Kier alpha value is -1.43. The number of anilines is 1. The van der Waals surface area contributed by atoms with Crippen LogP contribution in [0.15, 0.2) is 10.7 Å². The van der Waals surface area contributed by atoms with Gasteiger partial charge in [0.15, 0.2) is 5.82 Å². The first-order valence-corrected chi connectivity index (χ1v) is 6.07. The van der Waals surface area contributed by atoms with Crippen LogP contribution in [0.2, 0.25) is 0 Å². The summed E-state index contributed by atoms with van der Waals surface area (Å²) in [6.07, 6.45) is 1.79. The third-order valence-corrected chi connectivity index (χ3v) is 3.72. The minimum atomic E-state index is 0.592. The van der Waals surface area contributed by atoms with Crippen LogP contribution in [-0.4, -0.2) is 26.8 Å².